The lowest BCUT2D eigenvalue weighted by atomic mass is 10.3. The molecular weight excluding hydrogens is 172 g/mol. The maximum Gasteiger partial charge on any atom is 0.138 e. The second-order valence-corrected chi connectivity index (χ2v) is 3.83. The molecule has 1 rings (SSSR count). The van der Waals surface area contributed by atoms with Gasteiger partial charge in [-0.15, -0.1) is 0 Å². The SMILES string of the molecule is NC1CSC(=S)NC1=S. The van der Waals surface area contributed by atoms with E-state index < -0.39 is 0 Å². The molecule has 1 fully saturated rings. The number of thioether (sulfide) groups is 1. The zero-order valence-corrected chi connectivity index (χ0v) is 7.04. The van der Waals surface area contributed by atoms with E-state index in [9.17, 15) is 0 Å². The van der Waals surface area contributed by atoms with Crippen LogP contribution in [0.25, 0.3) is 0 Å². The minimum absolute atomic E-state index is 0.0169. The van der Waals surface area contributed by atoms with E-state index in [1.807, 2.05) is 0 Å². The van der Waals surface area contributed by atoms with Crippen LogP contribution in [0.4, 0.5) is 0 Å². The Hall–Kier alpha value is 0.290. The Kier molecular flexibility index (Phi) is 2.40. The summed E-state index contributed by atoms with van der Waals surface area (Å²) in [6.07, 6.45) is 0. The molecule has 1 aliphatic heterocycles. The second-order valence-electron chi connectivity index (χ2n) is 1.69. The van der Waals surface area contributed by atoms with Crippen molar-refractivity contribution in [3.8, 4) is 0 Å². The van der Waals surface area contributed by atoms with Crippen LogP contribution in [-0.2, 0) is 0 Å². The summed E-state index contributed by atoms with van der Waals surface area (Å²) >= 11 is 11.3. The van der Waals surface area contributed by atoms with Crippen molar-refractivity contribution in [2.45, 2.75) is 6.04 Å². The lowest BCUT2D eigenvalue weighted by Gasteiger charge is -2.20. The van der Waals surface area contributed by atoms with Gasteiger partial charge < -0.3 is 11.1 Å². The zero-order chi connectivity index (χ0) is 6.85. The highest BCUT2D eigenvalue weighted by atomic mass is 32.2. The van der Waals surface area contributed by atoms with Crippen molar-refractivity contribution >= 4 is 45.5 Å². The van der Waals surface area contributed by atoms with Gasteiger partial charge in [-0.2, -0.15) is 0 Å². The van der Waals surface area contributed by atoms with Crippen molar-refractivity contribution < 1.29 is 0 Å². The molecule has 3 N–H and O–H groups in total. The molecule has 0 aliphatic carbocycles. The minimum Gasteiger partial charge on any atom is -0.334 e. The van der Waals surface area contributed by atoms with Gasteiger partial charge >= 0.3 is 0 Å². The van der Waals surface area contributed by atoms with Gasteiger partial charge in [0.1, 0.15) is 4.32 Å². The molecule has 1 unspecified atom stereocenters. The molecule has 0 spiro atoms. The van der Waals surface area contributed by atoms with Gasteiger partial charge in [0.25, 0.3) is 0 Å². The molecule has 0 aromatic rings. The molecule has 0 amide bonds. The predicted molar refractivity (Wildman–Crippen MR) is 48.8 cm³/mol. The second kappa shape index (κ2) is 2.92. The van der Waals surface area contributed by atoms with Crippen LogP contribution in [0.2, 0.25) is 0 Å². The summed E-state index contributed by atoms with van der Waals surface area (Å²) in [6.45, 7) is 0. The van der Waals surface area contributed by atoms with Crippen molar-refractivity contribution in [2.24, 2.45) is 5.73 Å². The number of thiocarbonyl (C=S) groups is 2. The third-order valence-corrected chi connectivity index (χ3v) is 2.71. The molecule has 9 heavy (non-hydrogen) atoms. The average molecular weight is 178 g/mol. The Morgan fingerprint density at radius 2 is 2.33 bits per heavy atom. The number of rotatable bonds is 0. The van der Waals surface area contributed by atoms with Crippen molar-refractivity contribution in [3.63, 3.8) is 0 Å². The summed E-state index contributed by atoms with van der Waals surface area (Å²) in [5.74, 6) is 0.810. The van der Waals surface area contributed by atoms with Gasteiger partial charge in [0.05, 0.1) is 11.0 Å². The fourth-order valence-corrected chi connectivity index (χ4v) is 1.88. The maximum absolute atomic E-state index is 5.56. The van der Waals surface area contributed by atoms with E-state index in [0.29, 0.717) is 4.99 Å². The Labute approximate surface area is 68.6 Å². The van der Waals surface area contributed by atoms with Crippen LogP contribution in [0.3, 0.4) is 0 Å². The zero-order valence-electron chi connectivity index (χ0n) is 4.59. The number of hydrogen-bond donors (Lipinski definition) is 2. The van der Waals surface area contributed by atoms with Gasteiger partial charge in [-0.1, -0.05) is 36.2 Å². The Morgan fingerprint density at radius 1 is 1.67 bits per heavy atom. The molecule has 2 nitrogen and oxygen atoms in total. The number of hydrogen-bond acceptors (Lipinski definition) is 4. The third kappa shape index (κ3) is 1.86. The molecule has 0 saturated carbocycles. The lowest BCUT2D eigenvalue weighted by Crippen LogP contribution is -2.46. The molecule has 0 aromatic carbocycles. The van der Waals surface area contributed by atoms with E-state index in [1.165, 1.54) is 11.8 Å². The largest absolute Gasteiger partial charge is 0.334 e. The molecule has 1 heterocycles. The topological polar surface area (TPSA) is 38.0 Å². The van der Waals surface area contributed by atoms with Gasteiger partial charge in [-0.3, -0.25) is 0 Å². The molecular formula is C4H6N2S3. The van der Waals surface area contributed by atoms with E-state index in [1.54, 1.807) is 0 Å². The summed E-state index contributed by atoms with van der Waals surface area (Å²) < 4.78 is 0.738. The van der Waals surface area contributed by atoms with Crippen LogP contribution in [0.15, 0.2) is 0 Å². The first-order valence-corrected chi connectivity index (χ1v) is 4.23. The van der Waals surface area contributed by atoms with Crippen LogP contribution >= 0.6 is 36.2 Å². The first-order valence-electron chi connectivity index (χ1n) is 2.43. The van der Waals surface area contributed by atoms with E-state index in [0.717, 1.165) is 10.1 Å². The maximum atomic E-state index is 5.56. The Morgan fingerprint density at radius 3 is 2.78 bits per heavy atom. The molecule has 50 valence electrons. The summed E-state index contributed by atoms with van der Waals surface area (Å²) in [4.78, 5) is 0.666. The summed E-state index contributed by atoms with van der Waals surface area (Å²) in [6, 6.07) is -0.0169. The third-order valence-electron chi connectivity index (χ3n) is 0.956. The summed E-state index contributed by atoms with van der Waals surface area (Å²) in [5.41, 5.74) is 5.56. The van der Waals surface area contributed by atoms with E-state index >= 15 is 0 Å². The highest BCUT2D eigenvalue weighted by Crippen LogP contribution is 2.09. The van der Waals surface area contributed by atoms with E-state index in [2.05, 4.69) is 5.32 Å². The van der Waals surface area contributed by atoms with Gasteiger partial charge in [0.2, 0.25) is 0 Å². The predicted octanol–water partition coefficient (Wildman–Crippen LogP) is 0.262. The first kappa shape index (κ1) is 7.40. The molecule has 0 radical (unpaired) electrons. The lowest BCUT2D eigenvalue weighted by molar-refractivity contribution is 0.974. The minimum atomic E-state index is -0.0169. The van der Waals surface area contributed by atoms with Gasteiger partial charge in [-0.25, -0.2) is 0 Å². The molecule has 0 bridgehead atoms. The molecule has 1 saturated heterocycles. The monoisotopic (exact) mass is 178 g/mol. The first-order chi connectivity index (χ1) is 4.20. The van der Waals surface area contributed by atoms with Crippen LogP contribution in [-0.4, -0.2) is 21.1 Å². The highest BCUT2D eigenvalue weighted by Gasteiger charge is 2.16. The highest BCUT2D eigenvalue weighted by molar-refractivity contribution is 8.23. The van der Waals surface area contributed by atoms with Crippen molar-refractivity contribution in [1.82, 2.24) is 5.32 Å². The average Bonchev–Trinajstić information content (AvgIpc) is 1.80. The molecule has 5 heteroatoms. The number of nitrogens with two attached hydrogens (primary N) is 1. The van der Waals surface area contributed by atoms with Crippen LogP contribution in [0.5, 0.6) is 0 Å². The Bertz CT molecular complexity index is 156. The van der Waals surface area contributed by atoms with Gasteiger partial charge in [0, 0.05) is 5.75 Å². The summed E-state index contributed by atoms with van der Waals surface area (Å²) in [5, 5.41) is 2.83. The van der Waals surface area contributed by atoms with Crippen LogP contribution in [0, 0.1) is 0 Å². The summed E-state index contributed by atoms with van der Waals surface area (Å²) in [7, 11) is 0. The smallest absolute Gasteiger partial charge is 0.138 e. The number of nitrogens with one attached hydrogen (secondary N) is 1. The van der Waals surface area contributed by atoms with E-state index in [-0.39, 0.29) is 6.04 Å². The fraction of sp³-hybridized carbons (Fsp3) is 0.500. The van der Waals surface area contributed by atoms with Gasteiger partial charge in [-0.05, 0) is 0 Å². The molecule has 1 atom stereocenters. The van der Waals surface area contributed by atoms with Crippen molar-refractivity contribution in [2.75, 3.05) is 5.75 Å². The standard InChI is InChI=1S/C4H6N2S3/c5-2-1-9-4(8)6-3(2)7/h2H,1,5H2,(H,6,7,8). The van der Waals surface area contributed by atoms with E-state index in [4.69, 9.17) is 30.2 Å². The van der Waals surface area contributed by atoms with Crippen molar-refractivity contribution in [3.05, 3.63) is 0 Å². The van der Waals surface area contributed by atoms with Crippen molar-refractivity contribution in [1.29, 1.82) is 0 Å². The molecule has 1 aliphatic rings. The van der Waals surface area contributed by atoms with Crippen LogP contribution < -0.4 is 11.1 Å². The quantitative estimate of drug-likeness (QED) is 0.521. The normalized spacial score (nSPS) is 27.9. The van der Waals surface area contributed by atoms with Gasteiger partial charge in [0.15, 0.2) is 0 Å². The van der Waals surface area contributed by atoms with Crippen LogP contribution in [0.1, 0.15) is 0 Å². The fourth-order valence-electron chi connectivity index (χ4n) is 0.471. The molecule has 0 aromatic heterocycles. The Balaban J connectivity index is 2.54.